The molecule has 0 bridgehead atoms. The maximum atomic E-state index is 4.86. The van der Waals surface area contributed by atoms with E-state index in [0.29, 0.717) is 0 Å². The number of rotatable bonds is 4. The molecule has 2 aromatic carbocycles. The number of nitrogens with zero attached hydrogens (tertiary/aromatic N) is 5. The molecule has 29 heavy (non-hydrogen) atoms. The van der Waals surface area contributed by atoms with Crippen LogP contribution in [0.4, 0.5) is 11.5 Å². The van der Waals surface area contributed by atoms with Gasteiger partial charge in [-0.3, -0.25) is 0 Å². The van der Waals surface area contributed by atoms with Crippen molar-refractivity contribution in [2.24, 2.45) is 0 Å². The first kappa shape index (κ1) is 18.1. The topological polar surface area (TPSA) is 37.2 Å². The fourth-order valence-corrected chi connectivity index (χ4v) is 4.48. The molecule has 146 valence electrons. The summed E-state index contributed by atoms with van der Waals surface area (Å²) in [5, 5.41) is 7.13. The monoisotopic (exact) mass is 401 g/mol. The van der Waals surface area contributed by atoms with Crippen LogP contribution in [0.2, 0.25) is 0 Å². The van der Waals surface area contributed by atoms with Gasteiger partial charge in [0, 0.05) is 43.4 Å². The molecule has 0 unspecified atom stereocenters. The van der Waals surface area contributed by atoms with E-state index in [1.807, 2.05) is 18.3 Å². The van der Waals surface area contributed by atoms with Crippen LogP contribution in [0.3, 0.4) is 0 Å². The van der Waals surface area contributed by atoms with Gasteiger partial charge in [-0.2, -0.15) is 5.10 Å². The van der Waals surface area contributed by atoms with E-state index >= 15 is 0 Å². The lowest BCUT2D eigenvalue weighted by molar-refractivity contribution is 0.647. The molecule has 2 aromatic heterocycles. The van der Waals surface area contributed by atoms with Crippen molar-refractivity contribution in [3.63, 3.8) is 0 Å². The summed E-state index contributed by atoms with van der Waals surface area (Å²) in [5.41, 5.74) is 3.50. The van der Waals surface area contributed by atoms with Crippen LogP contribution in [0.5, 0.6) is 0 Å². The molecule has 1 aliphatic heterocycles. The molecule has 4 aromatic rings. The zero-order valence-corrected chi connectivity index (χ0v) is 17.2. The number of benzene rings is 2. The van der Waals surface area contributed by atoms with Crippen molar-refractivity contribution in [1.82, 2.24) is 14.8 Å². The zero-order chi connectivity index (χ0) is 19.6. The third kappa shape index (κ3) is 3.44. The number of aromatic nitrogens is 3. The Morgan fingerprint density at radius 3 is 2.28 bits per heavy atom. The predicted molar refractivity (Wildman–Crippen MR) is 122 cm³/mol. The summed E-state index contributed by atoms with van der Waals surface area (Å²) in [6.07, 6.45) is 3.95. The summed E-state index contributed by atoms with van der Waals surface area (Å²) in [7, 11) is 0. The van der Waals surface area contributed by atoms with Gasteiger partial charge in [0.25, 0.3) is 0 Å². The maximum Gasteiger partial charge on any atom is 0.128 e. The van der Waals surface area contributed by atoms with Crippen LogP contribution in [0.1, 0.15) is 0 Å². The molecule has 0 N–H and O–H groups in total. The van der Waals surface area contributed by atoms with Gasteiger partial charge in [-0.05, 0) is 48.7 Å². The van der Waals surface area contributed by atoms with Gasteiger partial charge in [0.1, 0.15) is 10.8 Å². The zero-order valence-electron chi connectivity index (χ0n) is 16.4. The Labute approximate surface area is 175 Å². The molecule has 1 aliphatic rings. The molecule has 5 rings (SSSR count). The van der Waals surface area contributed by atoms with E-state index in [4.69, 9.17) is 5.10 Å². The van der Waals surface area contributed by atoms with Crippen molar-refractivity contribution in [2.75, 3.05) is 42.2 Å². The molecule has 6 heteroatoms. The SMILES string of the molecule is CSc1nn(-c2ccccc2)c2cc(N3CCN(c4ccccn4)CC3)ccc12. The summed E-state index contributed by atoms with van der Waals surface area (Å²) in [6.45, 7) is 3.92. The molecule has 0 spiro atoms. The van der Waals surface area contributed by atoms with E-state index in [0.717, 1.165) is 48.2 Å². The van der Waals surface area contributed by atoms with Gasteiger partial charge >= 0.3 is 0 Å². The fraction of sp³-hybridized carbons (Fsp3) is 0.217. The van der Waals surface area contributed by atoms with Crippen LogP contribution in [-0.2, 0) is 0 Å². The smallest absolute Gasteiger partial charge is 0.128 e. The van der Waals surface area contributed by atoms with Gasteiger partial charge in [-0.1, -0.05) is 24.3 Å². The van der Waals surface area contributed by atoms with Crippen molar-refractivity contribution in [3.8, 4) is 5.69 Å². The Hall–Kier alpha value is -2.99. The highest BCUT2D eigenvalue weighted by Crippen LogP contribution is 2.31. The first-order valence-corrected chi connectivity index (χ1v) is 11.1. The molecule has 0 saturated carbocycles. The van der Waals surface area contributed by atoms with Gasteiger partial charge in [-0.25, -0.2) is 9.67 Å². The van der Waals surface area contributed by atoms with Gasteiger partial charge in [-0.15, -0.1) is 11.8 Å². The number of para-hydroxylation sites is 1. The van der Waals surface area contributed by atoms with Crippen molar-refractivity contribution in [3.05, 3.63) is 72.9 Å². The van der Waals surface area contributed by atoms with Crippen LogP contribution in [0.25, 0.3) is 16.6 Å². The van der Waals surface area contributed by atoms with Crippen LogP contribution < -0.4 is 9.80 Å². The van der Waals surface area contributed by atoms with E-state index in [1.54, 1.807) is 11.8 Å². The van der Waals surface area contributed by atoms with Crippen LogP contribution >= 0.6 is 11.8 Å². The van der Waals surface area contributed by atoms with Crippen molar-refractivity contribution in [1.29, 1.82) is 0 Å². The molecular weight excluding hydrogens is 378 g/mol. The van der Waals surface area contributed by atoms with Gasteiger partial charge in [0.15, 0.2) is 0 Å². The van der Waals surface area contributed by atoms with Crippen LogP contribution in [-0.4, -0.2) is 47.2 Å². The van der Waals surface area contributed by atoms with Gasteiger partial charge < -0.3 is 9.80 Å². The van der Waals surface area contributed by atoms with Gasteiger partial charge in [0.05, 0.1) is 11.2 Å². The summed E-state index contributed by atoms with van der Waals surface area (Å²) in [5.74, 6) is 1.06. The lowest BCUT2D eigenvalue weighted by Gasteiger charge is -2.36. The predicted octanol–water partition coefficient (Wildman–Crippen LogP) is 4.47. The van der Waals surface area contributed by atoms with E-state index in [2.05, 4.69) is 80.3 Å². The lowest BCUT2D eigenvalue weighted by Crippen LogP contribution is -2.46. The highest BCUT2D eigenvalue weighted by atomic mass is 32.2. The number of piperazine rings is 1. The average molecular weight is 402 g/mol. The Balaban J connectivity index is 1.44. The summed E-state index contributed by atoms with van der Waals surface area (Å²) < 4.78 is 2.06. The molecule has 1 saturated heterocycles. The Morgan fingerprint density at radius 1 is 0.793 bits per heavy atom. The third-order valence-electron chi connectivity index (χ3n) is 5.44. The van der Waals surface area contributed by atoms with Crippen LogP contribution in [0, 0.1) is 0 Å². The van der Waals surface area contributed by atoms with Gasteiger partial charge in [0.2, 0.25) is 0 Å². The number of anilines is 2. The summed E-state index contributed by atoms with van der Waals surface area (Å²) in [6, 6.07) is 23.2. The Kier molecular flexibility index (Phi) is 4.86. The van der Waals surface area contributed by atoms with E-state index in [1.165, 1.54) is 11.1 Å². The molecule has 0 atom stereocenters. The second-order valence-corrected chi connectivity index (χ2v) is 7.92. The molecular formula is C23H23N5S. The normalized spacial score (nSPS) is 14.5. The van der Waals surface area contributed by atoms with E-state index in [-0.39, 0.29) is 0 Å². The molecule has 0 radical (unpaired) electrons. The van der Waals surface area contributed by atoms with E-state index in [9.17, 15) is 0 Å². The summed E-state index contributed by atoms with van der Waals surface area (Å²) in [4.78, 5) is 9.31. The first-order chi connectivity index (χ1) is 14.3. The van der Waals surface area contributed by atoms with Crippen molar-refractivity contribution in [2.45, 2.75) is 5.03 Å². The molecule has 5 nitrogen and oxygen atoms in total. The highest BCUT2D eigenvalue weighted by Gasteiger charge is 2.20. The molecule has 0 aliphatic carbocycles. The minimum atomic E-state index is 0.975. The van der Waals surface area contributed by atoms with Crippen LogP contribution in [0.15, 0.2) is 78.0 Å². The number of thioether (sulfide) groups is 1. The Morgan fingerprint density at radius 2 is 1.55 bits per heavy atom. The largest absolute Gasteiger partial charge is 0.368 e. The number of hydrogen-bond acceptors (Lipinski definition) is 5. The lowest BCUT2D eigenvalue weighted by atomic mass is 10.2. The second-order valence-electron chi connectivity index (χ2n) is 7.12. The molecule has 3 heterocycles. The molecule has 1 fully saturated rings. The quantitative estimate of drug-likeness (QED) is 0.472. The fourth-order valence-electron chi connectivity index (χ4n) is 3.92. The maximum absolute atomic E-state index is 4.86. The standard InChI is InChI=1S/C23H23N5S/c1-29-23-20-11-10-19(17-21(20)28(25-23)18-7-3-2-4-8-18)26-13-15-27(16-14-26)22-9-5-6-12-24-22/h2-12,17H,13-16H2,1H3. The Bertz CT molecular complexity index is 1100. The highest BCUT2D eigenvalue weighted by molar-refractivity contribution is 7.98. The van der Waals surface area contributed by atoms with Crippen molar-refractivity contribution >= 4 is 34.2 Å². The second kappa shape index (κ2) is 7.79. The van der Waals surface area contributed by atoms with E-state index < -0.39 is 0 Å². The number of fused-ring (bicyclic) bond motifs is 1. The summed E-state index contributed by atoms with van der Waals surface area (Å²) >= 11 is 1.69. The number of pyridine rings is 1. The minimum absolute atomic E-state index is 0.975. The third-order valence-corrected chi connectivity index (χ3v) is 6.13. The minimum Gasteiger partial charge on any atom is -0.368 e. The first-order valence-electron chi connectivity index (χ1n) is 9.86. The molecule has 0 amide bonds. The van der Waals surface area contributed by atoms with Crippen molar-refractivity contribution < 1.29 is 0 Å². The number of hydrogen-bond donors (Lipinski definition) is 0. The average Bonchev–Trinajstić information content (AvgIpc) is 3.18.